The van der Waals surface area contributed by atoms with Gasteiger partial charge in [-0.15, -0.1) is 0 Å². The van der Waals surface area contributed by atoms with Crippen LogP contribution in [0.5, 0.6) is 0 Å². The van der Waals surface area contributed by atoms with Gasteiger partial charge in [0.15, 0.2) is 0 Å². The van der Waals surface area contributed by atoms with Crippen molar-refractivity contribution in [3.05, 3.63) is 39.4 Å². The lowest BCUT2D eigenvalue weighted by Crippen LogP contribution is -2.42. The van der Waals surface area contributed by atoms with E-state index in [1.165, 1.54) is 0 Å². The van der Waals surface area contributed by atoms with E-state index in [2.05, 4.69) is 4.40 Å². The van der Waals surface area contributed by atoms with E-state index in [1.54, 1.807) is 16.5 Å². The molecule has 1 fully saturated rings. The van der Waals surface area contributed by atoms with E-state index in [9.17, 15) is 14.1 Å². The van der Waals surface area contributed by atoms with Gasteiger partial charge in [-0.2, -0.15) is 0 Å². The van der Waals surface area contributed by atoms with Crippen LogP contribution in [-0.2, 0) is 23.1 Å². The highest BCUT2D eigenvalue weighted by Gasteiger charge is 2.30. The maximum Gasteiger partial charge on any atom is 0.410 e. The van der Waals surface area contributed by atoms with E-state index < -0.39 is 21.7 Å². The zero-order chi connectivity index (χ0) is 26.3. The number of hydrogen-bond acceptors (Lipinski definition) is 6. The fraction of sp³-hybridized carbons (Fsp3) is 0.615. The number of carbonyl (C=O) groups is 1. The Morgan fingerprint density at radius 1 is 1.17 bits per heavy atom. The smallest absolute Gasteiger partial charge is 0.410 e. The van der Waals surface area contributed by atoms with Crippen LogP contribution in [0, 0.1) is 6.92 Å². The lowest BCUT2D eigenvalue weighted by atomic mass is 9.95. The lowest BCUT2D eigenvalue weighted by molar-refractivity contribution is 0.0202. The van der Waals surface area contributed by atoms with Crippen LogP contribution in [0.4, 0.5) is 4.79 Å². The largest absolute Gasteiger partial charge is 0.591 e. The van der Waals surface area contributed by atoms with Crippen LogP contribution in [0.3, 0.4) is 0 Å². The van der Waals surface area contributed by atoms with Gasteiger partial charge >= 0.3 is 6.09 Å². The highest BCUT2D eigenvalue weighted by Crippen LogP contribution is 2.29. The number of likely N-dealkylation sites (tertiary alicyclic amines) is 1. The summed E-state index contributed by atoms with van der Waals surface area (Å²) in [6.45, 7) is 16.0. The number of aromatic nitrogens is 2. The molecule has 1 aromatic carbocycles. The molecule has 1 aliphatic heterocycles. The van der Waals surface area contributed by atoms with E-state index in [4.69, 9.17) is 9.72 Å². The summed E-state index contributed by atoms with van der Waals surface area (Å²) in [5, 5.41) is 0.522. The van der Waals surface area contributed by atoms with Crippen molar-refractivity contribution in [2.45, 2.75) is 84.5 Å². The fourth-order valence-corrected chi connectivity index (χ4v) is 4.76. The third kappa shape index (κ3) is 6.25. The number of rotatable bonds is 3. The number of fused-ring (bicyclic) bond motifs is 1. The Balaban J connectivity index is 1.99. The minimum atomic E-state index is -1.43. The number of piperidine rings is 1. The molecule has 1 aliphatic rings. The van der Waals surface area contributed by atoms with Gasteiger partial charge in [0.25, 0.3) is 5.56 Å². The molecule has 8 nitrogen and oxygen atoms in total. The third-order valence-electron chi connectivity index (χ3n) is 6.00. The highest BCUT2D eigenvalue weighted by atomic mass is 32.2. The number of ether oxygens (including phenoxy) is 1. The maximum atomic E-state index is 13.4. The average molecular weight is 503 g/mol. The molecule has 0 spiro atoms. The molecule has 3 rings (SSSR count). The topological polar surface area (TPSA) is 99.9 Å². The molecule has 1 unspecified atom stereocenters. The number of hydrogen-bond donors (Lipinski definition) is 0. The first-order chi connectivity index (χ1) is 16.1. The Morgan fingerprint density at radius 3 is 2.31 bits per heavy atom. The van der Waals surface area contributed by atoms with E-state index >= 15 is 0 Å². The van der Waals surface area contributed by atoms with Crippen molar-refractivity contribution in [1.29, 1.82) is 0 Å². The highest BCUT2D eigenvalue weighted by molar-refractivity contribution is 7.91. The van der Waals surface area contributed by atoms with Crippen LogP contribution in [0.15, 0.2) is 21.3 Å². The van der Waals surface area contributed by atoms with Crippen LogP contribution >= 0.6 is 0 Å². The van der Waals surface area contributed by atoms with Gasteiger partial charge in [0.2, 0.25) is 0 Å². The Hall–Kier alpha value is -2.39. The average Bonchev–Trinajstić information content (AvgIpc) is 2.74. The van der Waals surface area contributed by atoms with E-state index in [0.717, 1.165) is 11.1 Å². The molecule has 0 aliphatic carbocycles. The van der Waals surface area contributed by atoms with Gasteiger partial charge in [-0.25, -0.2) is 9.78 Å². The van der Waals surface area contributed by atoms with Gasteiger partial charge in [-0.3, -0.25) is 9.36 Å². The second-order valence-corrected chi connectivity index (χ2v) is 13.2. The van der Waals surface area contributed by atoms with Crippen LogP contribution in [-0.4, -0.2) is 54.2 Å². The van der Waals surface area contributed by atoms with Crippen LogP contribution in [0.25, 0.3) is 10.9 Å². The summed E-state index contributed by atoms with van der Waals surface area (Å²) in [6, 6.07) is 3.79. The summed E-state index contributed by atoms with van der Waals surface area (Å²) in [7, 11) is 1.75. The first-order valence-corrected chi connectivity index (χ1v) is 13.2. The zero-order valence-electron chi connectivity index (χ0n) is 22.4. The summed E-state index contributed by atoms with van der Waals surface area (Å²) in [6.07, 6.45) is 1.06. The molecule has 2 heterocycles. The van der Waals surface area contributed by atoms with Crippen molar-refractivity contribution in [2.75, 3.05) is 13.1 Å². The number of benzene rings is 1. The normalized spacial score (nSPS) is 17.1. The SMILES string of the molecule is CC(=N[S+]([O-])C(C)(C)C)c1cc(C)cc2c(=O)n(C)c(C3CCN(C(=O)OC(C)(C)C)CC3)nc12. The standard InChI is InChI=1S/C26H38N4O4S/c1-16-14-19(17(2)28-35(33)26(6,7)8)21-20(15-16)23(31)29(9)22(27-21)18-10-12-30(13-11-18)24(32)34-25(3,4)5/h14-15,18H,10-13H2,1-9H3. The number of carbonyl (C=O) groups excluding carboxylic acids is 1. The molecule has 9 heteroatoms. The van der Waals surface area contributed by atoms with E-state index in [1.807, 2.05) is 67.5 Å². The summed E-state index contributed by atoms with van der Waals surface area (Å²) < 4.78 is 23.8. The molecular formula is C26H38N4O4S. The maximum absolute atomic E-state index is 13.4. The van der Waals surface area contributed by atoms with Crippen molar-refractivity contribution in [1.82, 2.24) is 14.5 Å². The van der Waals surface area contributed by atoms with Crippen molar-refractivity contribution in [3.8, 4) is 0 Å². The van der Waals surface area contributed by atoms with Gasteiger partial charge in [-0.05, 0) is 85.9 Å². The van der Waals surface area contributed by atoms with E-state index in [-0.39, 0.29) is 17.6 Å². The molecule has 1 amide bonds. The fourth-order valence-electron chi connectivity index (χ4n) is 4.13. The van der Waals surface area contributed by atoms with Crippen molar-refractivity contribution in [2.24, 2.45) is 11.4 Å². The van der Waals surface area contributed by atoms with Gasteiger partial charge in [0, 0.05) is 31.6 Å². The minimum absolute atomic E-state index is 0.0332. The monoisotopic (exact) mass is 502 g/mol. The second kappa shape index (κ2) is 9.93. The molecule has 35 heavy (non-hydrogen) atoms. The summed E-state index contributed by atoms with van der Waals surface area (Å²) in [5.74, 6) is 0.729. The molecule has 2 aromatic rings. The van der Waals surface area contributed by atoms with Crippen LogP contribution in [0.2, 0.25) is 0 Å². The van der Waals surface area contributed by atoms with Gasteiger partial charge in [0.05, 0.1) is 16.6 Å². The second-order valence-electron chi connectivity index (χ2n) is 11.3. The molecule has 0 bridgehead atoms. The number of nitrogens with zero attached hydrogens (tertiary/aromatic N) is 4. The molecule has 0 radical (unpaired) electrons. The van der Waals surface area contributed by atoms with Crippen LogP contribution < -0.4 is 5.56 Å². The van der Waals surface area contributed by atoms with Crippen molar-refractivity contribution < 1.29 is 14.1 Å². The molecule has 1 saturated heterocycles. The summed E-state index contributed by atoms with van der Waals surface area (Å²) >= 11 is -1.43. The molecule has 1 aromatic heterocycles. The predicted octanol–water partition coefficient (Wildman–Crippen LogP) is 4.63. The molecule has 192 valence electrons. The zero-order valence-corrected chi connectivity index (χ0v) is 23.2. The van der Waals surface area contributed by atoms with Crippen LogP contribution in [0.1, 0.15) is 84.2 Å². The van der Waals surface area contributed by atoms with Crippen molar-refractivity contribution >= 4 is 34.1 Å². The van der Waals surface area contributed by atoms with Crippen molar-refractivity contribution in [3.63, 3.8) is 0 Å². The molecular weight excluding hydrogens is 464 g/mol. The molecule has 0 N–H and O–H groups in total. The lowest BCUT2D eigenvalue weighted by Gasteiger charge is -2.33. The third-order valence-corrected chi connectivity index (χ3v) is 7.49. The van der Waals surface area contributed by atoms with Gasteiger partial charge < -0.3 is 14.2 Å². The van der Waals surface area contributed by atoms with E-state index in [0.29, 0.717) is 48.4 Å². The number of amides is 1. The first kappa shape index (κ1) is 27.2. The first-order valence-electron chi connectivity index (χ1n) is 12.1. The Bertz CT molecular complexity index is 1200. The van der Waals surface area contributed by atoms with Gasteiger partial charge in [0.1, 0.15) is 27.5 Å². The quantitative estimate of drug-likeness (QED) is 0.450. The Kier molecular flexibility index (Phi) is 7.72. The molecule has 0 saturated carbocycles. The Morgan fingerprint density at radius 2 is 1.77 bits per heavy atom. The summed E-state index contributed by atoms with van der Waals surface area (Å²) in [4.78, 5) is 32.5. The molecule has 1 atom stereocenters. The van der Waals surface area contributed by atoms with Gasteiger partial charge in [-0.1, -0.05) is 4.40 Å². The summed E-state index contributed by atoms with van der Waals surface area (Å²) in [5.41, 5.74) is 2.16. The minimum Gasteiger partial charge on any atom is -0.591 e. The Labute approximate surface area is 211 Å². The number of aryl methyl sites for hydroxylation is 1. The predicted molar refractivity (Wildman–Crippen MR) is 142 cm³/mol.